The molecule has 1 saturated heterocycles. The third kappa shape index (κ3) is 3.89. The zero-order chi connectivity index (χ0) is 13.8. The molecule has 1 aliphatic heterocycles. The van der Waals surface area contributed by atoms with Crippen LogP contribution in [0.1, 0.15) is 0 Å². The van der Waals surface area contributed by atoms with E-state index < -0.39 is 0 Å². The van der Waals surface area contributed by atoms with Crippen molar-refractivity contribution in [3.63, 3.8) is 0 Å². The van der Waals surface area contributed by atoms with Crippen molar-refractivity contribution < 1.29 is 9.53 Å². The Labute approximate surface area is 126 Å². The minimum absolute atomic E-state index is 0.0579. The molecule has 0 radical (unpaired) electrons. The molecule has 0 saturated carbocycles. The van der Waals surface area contributed by atoms with E-state index in [1.807, 2.05) is 0 Å². The lowest BCUT2D eigenvalue weighted by Gasteiger charge is -2.27. The summed E-state index contributed by atoms with van der Waals surface area (Å²) in [5, 5.41) is 4.21. The zero-order valence-electron chi connectivity index (χ0n) is 10.1. The number of nitrogens with one attached hydrogen (secondary N) is 1. The number of hydrogen-bond acceptors (Lipinski definition) is 3. The van der Waals surface area contributed by atoms with Crippen molar-refractivity contribution in [3.8, 4) is 5.75 Å². The lowest BCUT2D eigenvalue weighted by Crippen LogP contribution is -2.47. The second kappa shape index (κ2) is 6.66. The fourth-order valence-corrected chi connectivity index (χ4v) is 2.35. The Bertz CT molecular complexity index is 476. The van der Waals surface area contributed by atoms with Crippen LogP contribution in [-0.2, 0) is 4.79 Å². The second-order valence-electron chi connectivity index (χ2n) is 4.12. The summed E-state index contributed by atoms with van der Waals surface area (Å²) in [7, 11) is 0. The van der Waals surface area contributed by atoms with Crippen LogP contribution in [0.25, 0.3) is 0 Å². The van der Waals surface area contributed by atoms with E-state index in [-0.39, 0.29) is 12.5 Å². The highest BCUT2D eigenvalue weighted by Gasteiger charge is 2.17. The molecular weight excluding hydrogens is 311 g/mol. The first-order valence-corrected chi connectivity index (χ1v) is 6.97. The van der Waals surface area contributed by atoms with Gasteiger partial charge >= 0.3 is 0 Å². The Kier molecular flexibility index (Phi) is 5.16. The van der Waals surface area contributed by atoms with Gasteiger partial charge in [0.1, 0.15) is 5.75 Å². The van der Waals surface area contributed by atoms with Gasteiger partial charge in [0, 0.05) is 32.2 Å². The fraction of sp³-hybridized carbons (Fsp3) is 0.417. The summed E-state index contributed by atoms with van der Waals surface area (Å²) in [5.41, 5.74) is 0. The van der Waals surface area contributed by atoms with E-state index in [0.29, 0.717) is 33.9 Å². The van der Waals surface area contributed by atoms with E-state index in [4.69, 9.17) is 39.5 Å². The van der Waals surface area contributed by atoms with E-state index in [0.717, 1.165) is 13.1 Å². The Balaban J connectivity index is 1.94. The minimum Gasteiger partial charge on any atom is -0.482 e. The standard InChI is InChI=1S/C12H13Cl3N2O2/c13-8-5-10(15)11(6-9(8)14)19-7-12(18)17-3-1-16-2-4-17/h5-6,16H,1-4,7H2. The number of carbonyl (C=O) groups is 1. The van der Waals surface area contributed by atoms with Crippen LogP contribution in [0.4, 0.5) is 0 Å². The van der Waals surface area contributed by atoms with E-state index in [1.54, 1.807) is 4.90 Å². The van der Waals surface area contributed by atoms with Crippen molar-refractivity contribution in [2.24, 2.45) is 0 Å². The van der Waals surface area contributed by atoms with Gasteiger partial charge in [0.25, 0.3) is 5.91 Å². The van der Waals surface area contributed by atoms with Crippen LogP contribution in [0.15, 0.2) is 12.1 Å². The SMILES string of the molecule is O=C(COc1cc(Cl)c(Cl)cc1Cl)N1CCNCC1. The Morgan fingerprint density at radius 1 is 1.16 bits per heavy atom. The van der Waals surface area contributed by atoms with Crippen molar-refractivity contribution in [3.05, 3.63) is 27.2 Å². The number of nitrogens with zero attached hydrogens (tertiary/aromatic N) is 1. The van der Waals surface area contributed by atoms with E-state index in [2.05, 4.69) is 5.32 Å². The first-order valence-electron chi connectivity index (χ1n) is 5.84. The molecule has 1 aliphatic rings. The quantitative estimate of drug-likeness (QED) is 0.869. The summed E-state index contributed by atoms with van der Waals surface area (Å²) in [6.45, 7) is 2.94. The summed E-state index contributed by atoms with van der Waals surface area (Å²) >= 11 is 17.7. The van der Waals surface area contributed by atoms with Crippen LogP contribution in [0, 0.1) is 0 Å². The lowest BCUT2D eigenvalue weighted by atomic mass is 10.3. The van der Waals surface area contributed by atoms with Crippen molar-refractivity contribution in [1.82, 2.24) is 10.2 Å². The van der Waals surface area contributed by atoms with Crippen LogP contribution in [-0.4, -0.2) is 43.6 Å². The molecule has 0 atom stereocenters. The van der Waals surface area contributed by atoms with E-state index in [9.17, 15) is 4.79 Å². The topological polar surface area (TPSA) is 41.6 Å². The molecule has 0 unspecified atom stereocenters. The molecule has 1 fully saturated rings. The first kappa shape index (κ1) is 14.7. The van der Waals surface area contributed by atoms with Gasteiger partial charge in [0.2, 0.25) is 0 Å². The van der Waals surface area contributed by atoms with Gasteiger partial charge in [-0.2, -0.15) is 0 Å². The molecule has 1 aromatic carbocycles. The predicted molar refractivity (Wildman–Crippen MR) is 76.4 cm³/mol. The highest BCUT2D eigenvalue weighted by atomic mass is 35.5. The van der Waals surface area contributed by atoms with Gasteiger partial charge in [0.15, 0.2) is 6.61 Å². The van der Waals surface area contributed by atoms with Gasteiger partial charge in [-0.05, 0) is 6.07 Å². The van der Waals surface area contributed by atoms with Gasteiger partial charge in [-0.25, -0.2) is 0 Å². The van der Waals surface area contributed by atoms with Crippen LogP contribution >= 0.6 is 34.8 Å². The predicted octanol–water partition coefficient (Wildman–Crippen LogP) is 2.46. The van der Waals surface area contributed by atoms with Gasteiger partial charge in [-0.15, -0.1) is 0 Å². The van der Waals surface area contributed by atoms with Crippen molar-refractivity contribution in [2.75, 3.05) is 32.8 Å². The normalized spacial score (nSPS) is 15.4. The molecule has 4 nitrogen and oxygen atoms in total. The van der Waals surface area contributed by atoms with E-state index >= 15 is 0 Å². The first-order chi connectivity index (χ1) is 9.08. The van der Waals surface area contributed by atoms with Crippen molar-refractivity contribution in [2.45, 2.75) is 0 Å². The monoisotopic (exact) mass is 322 g/mol. The van der Waals surface area contributed by atoms with Crippen LogP contribution in [0.3, 0.4) is 0 Å². The number of carbonyl (C=O) groups excluding carboxylic acids is 1. The largest absolute Gasteiger partial charge is 0.482 e. The van der Waals surface area contributed by atoms with Gasteiger partial charge < -0.3 is 15.0 Å². The molecular formula is C12H13Cl3N2O2. The fourth-order valence-electron chi connectivity index (χ4n) is 1.76. The highest BCUT2D eigenvalue weighted by molar-refractivity contribution is 6.43. The molecule has 0 bridgehead atoms. The lowest BCUT2D eigenvalue weighted by molar-refractivity contribution is -0.133. The summed E-state index contributed by atoms with van der Waals surface area (Å²) in [4.78, 5) is 13.7. The molecule has 0 spiro atoms. The van der Waals surface area contributed by atoms with E-state index in [1.165, 1.54) is 12.1 Å². The maximum atomic E-state index is 11.9. The maximum absolute atomic E-state index is 11.9. The number of rotatable bonds is 3. The summed E-state index contributed by atoms with van der Waals surface area (Å²) in [6.07, 6.45) is 0. The highest BCUT2D eigenvalue weighted by Crippen LogP contribution is 2.33. The summed E-state index contributed by atoms with van der Waals surface area (Å²) in [6, 6.07) is 3.01. The maximum Gasteiger partial charge on any atom is 0.260 e. The number of amides is 1. The van der Waals surface area contributed by atoms with Crippen LogP contribution < -0.4 is 10.1 Å². The molecule has 2 rings (SSSR count). The van der Waals surface area contributed by atoms with Gasteiger partial charge in [-0.3, -0.25) is 4.79 Å². The number of ether oxygens (including phenoxy) is 1. The van der Waals surface area contributed by atoms with Crippen LogP contribution in [0.2, 0.25) is 15.1 Å². The van der Waals surface area contributed by atoms with Crippen molar-refractivity contribution in [1.29, 1.82) is 0 Å². The third-order valence-electron chi connectivity index (χ3n) is 2.80. The number of benzene rings is 1. The average molecular weight is 324 g/mol. The summed E-state index contributed by atoms with van der Waals surface area (Å²) < 4.78 is 5.40. The zero-order valence-corrected chi connectivity index (χ0v) is 12.4. The Hall–Kier alpha value is -0.680. The molecule has 1 heterocycles. The molecule has 104 valence electrons. The molecule has 1 N–H and O–H groups in total. The Morgan fingerprint density at radius 2 is 1.79 bits per heavy atom. The molecule has 0 aromatic heterocycles. The molecule has 19 heavy (non-hydrogen) atoms. The number of piperazine rings is 1. The average Bonchev–Trinajstić information content (AvgIpc) is 2.42. The number of hydrogen-bond donors (Lipinski definition) is 1. The molecule has 1 aromatic rings. The smallest absolute Gasteiger partial charge is 0.260 e. The third-order valence-corrected chi connectivity index (χ3v) is 3.81. The van der Waals surface area contributed by atoms with Crippen LogP contribution in [0.5, 0.6) is 5.75 Å². The number of halogens is 3. The van der Waals surface area contributed by atoms with Crippen molar-refractivity contribution >= 4 is 40.7 Å². The summed E-state index contributed by atoms with van der Waals surface area (Å²) in [5.74, 6) is 0.295. The molecule has 0 aliphatic carbocycles. The minimum atomic E-state index is -0.0661. The van der Waals surface area contributed by atoms with Gasteiger partial charge in [-0.1, -0.05) is 34.8 Å². The second-order valence-corrected chi connectivity index (χ2v) is 5.34. The molecule has 1 amide bonds. The van der Waals surface area contributed by atoms with Gasteiger partial charge in [0.05, 0.1) is 15.1 Å². The Morgan fingerprint density at radius 3 is 2.47 bits per heavy atom. The molecule has 7 heteroatoms.